The summed E-state index contributed by atoms with van der Waals surface area (Å²) in [4.78, 5) is 12.0. The highest BCUT2D eigenvalue weighted by Crippen LogP contribution is 2.36. The van der Waals surface area contributed by atoms with E-state index in [4.69, 9.17) is 5.73 Å². The summed E-state index contributed by atoms with van der Waals surface area (Å²) >= 11 is 0. The summed E-state index contributed by atoms with van der Waals surface area (Å²) in [6, 6.07) is 0.450. The summed E-state index contributed by atoms with van der Waals surface area (Å²) in [6.45, 7) is 0. The van der Waals surface area contributed by atoms with Gasteiger partial charge in [0.15, 0.2) is 0 Å². The molecule has 5 heteroatoms. The molecule has 0 aliphatic heterocycles. The van der Waals surface area contributed by atoms with Crippen molar-refractivity contribution in [2.75, 3.05) is 0 Å². The summed E-state index contributed by atoms with van der Waals surface area (Å²) in [5.41, 5.74) is 5.80. The zero-order valence-electron chi connectivity index (χ0n) is 10.6. The van der Waals surface area contributed by atoms with Gasteiger partial charge in [0.2, 0.25) is 11.8 Å². The number of halogens is 2. The monoisotopic (exact) mass is 260 g/mol. The van der Waals surface area contributed by atoms with Crippen molar-refractivity contribution in [3.8, 4) is 0 Å². The summed E-state index contributed by atoms with van der Waals surface area (Å²) in [5.74, 6) is -2.82. The van der Waals surface area contributed by atoms with Crippen molar-refractivity contribution in [3.63, 3.8) is 0 Å². The lowest BCUT2D eigenvalue weighted by Gasteiger charge is -2.31. The average molecular weight is 260 g/mol. The summed E-state index contributed by atoms with van der Waals surface area (Å²) < 4.78 is 26.0. The van der Waals surface area contributed by atoms with Gasteiger partial charge in [-0.25, -0.2) is 8.78 Å². The van der Waals surface area contributed by atoms with Gasteiger partial charge < -0.3 is 11.1 Å². The lowest BCUT2D eigenvalue weighted by Crippen LogP contribution is -2.44. The number of nitrogens with two attached hydrogens (primary N) is 1. The maximum atomic E-state index is 13.0. The maximum absolute atomic E-state index is 13.0. The molecule has 0 spiro atoms. The molecule has 104 valence electrons. The first-order valence-electron chi connectivity index (χ1n) is 6.90. The van der Waals surface area contributed by atoms with E-state index in [0.29, 0.717) is 12.8 Å². The molecule has 1 amide bonds. The highest BCUT2D eigenvalue weighted by molar-refractivity contribution is 5.79. The molecular formula is C13H22F2N2O. The van der Waals surface area contributed by atoms with Gasteiger partial charge in [-0.05, 0) is 38.5 Å². The smallest absolute Gasteiger partial charge is 0.248 e. The van der Waals surface area contributed by atoms with Crippen LogP contribution in [0.2, 0.25) is 0 Å². The first-order chi connectivity index (χ1) is 8.46. The third-order valence-corrected chi connectivity index (χ3v) is 4.21. The molecule has 2 aliphatic rings. The van der Waals surface area contributed by atoms with E-state index >= 15 is 0 Å². The SMILES string of the molecule is NC1CCC(NC(=O)C2CCC(F)(F)CC2)CC1. The van der Waals surface area contributed by atoms with Crippen LogP contribution >= 0.6 is 0 Å². The quantitative estimate of drug-likeness (QED) is 0.799. The Hall–Kier alpha value is -0.710. The van der Waals surface area contributed by atoms with Gasteiger partial charge in [-0.1, -0.05) is 0 Å². The second-order valence-corrected chi connectivity index (χ2v) is 5.75. The summed E-state index contributed by atoms with van der Waals surface area (Å²) in [7, 11) is 0. The Morgan fingerprint density at radius 3 is 2.17 bits per heavy atom. The molecule has 0 aromatic carbocycles. The van der Waals surface area contributed by atoms with Crippen molar-refractivity contribution in [1.29, 1.82) is 0 Å². The fraction of sp³-hybridized carbons (Fsp3) is 0.923. The second kappa shape index (κ2) is 5.51. The molecule has 2 aliphatic carbocycles. The van der Waals surface area contributed by atoms with Gasteiger partial charge in [0.05, 0.1) is 0 Å². The van der Waals surface area contributed by atoms with Crippen molar-refractivity contribution in [2.45, 2.75) is 69.4 Å². The number of alkyl halides is 2. The van der Waals surface area contributed by atoms with Gasteiger partial charge in [-0.15, -0.1) is 0 Å². The van der Waals surface area contributed by atoms with Crippen molar-refractivity contribution < 1.29 is 13.6 Å². The number of hydrogen-bond acceptors (Lipinski definition) is 2. The van der Waals surface area contributed by atoms with Gasteiger partial charge in [-0.3, -0.25) is 4.79 Å². The first kappa shape index (κ1) is 13.7. The van der Waals surface area contributed by atoms with Crippen LogP contribution in [0.25, 0.3) is 0 Å². The van der Waals surface area contributed by atoms with Crippen LogP contribution in [0, 0.1) is 5.92 Å². The molecule has 0 aromatic heterocycles. The van der Waals surface area contributed by atoms with E-state index in [1.807, 2.05) is 0 Å². The van der Waals surface area contributed by atoms with Crippen molar-refractivity contribution >= 4 is 5.91 Å². The summed E-state index contributed by atoms with van der Waals surface area (Å²) in [5, 5.41) is 3.00. The maximum Gasteiger partial charge on any atom is 0.248 e. The first-order valence-corrected chi connectivity index (χ1v) is 6.90. The molecule has 0 aromatic rings. The zero-order valence-corrected chi connectivity index (χ0v) is 10.6. The average Bonchev–Trinajstić information content (AvgIpc) is 2.32. The van der Waals surface area contributed by atoms with Gasteiger partial charge in [0.1, 0.15) is 0 Å². The molecule has 2 saturated carbocycles. The predicted octanol–water partition coefficient (Wildman–Crippen LogP) is 2.20. The largest absolute Gasteiger partial charge is 0.353 e. The van der Waals surface area contributed by atoms with Crippen molar-refractivity contribution in [1.82, 2.24) is 5.32 Å². The fourth-order valence-electron chi connectivity index (χ4n) is 2.88. The molecule has 0 saturated heterocycles. The predicted molar refractivity (Wildman–Crippen MR) is 65.3 cm³/mol. The van der Waals surface area contributed by atoms with Crippen LogP contribution in [0.15, 0.2) is 0 Å². The lowest BCUT2D eigenvalue weighted by molar-refractivity contribution is -0.130. The molecule has 2 rings (SSSR count). The van der Waals surface area contributed by atoms with Crippen LogP contribution in [0.1, 0.15) is 51.4 Å². The topological polar surface area (TPSA) is 55.1 Å². The van der Waals surface area contributed by atoms with Crippen LogP contribution in [0.3, 0.4) is 0 Å². The van der Waals surface area contributed by atoms with Crippen LogP contribution in [-0.2, 0) is 4.79 Å². The molecule has 0 radical (unpaired) electrons. The highest BCUT2D eigenvalue weighted by Gasteiger charge is 2.37. The lowest BCUT2D eigenvalue weighted by atomic mass is 9.85. The minimum absolute atomic E-state index is 0.0361. The second-order valence-electron chi connectivity index (χ2n) is 5.75. The van der Waals surface area contributed by atoms with Gasteiger partial charge in [0, 0.05) is 30.8 Å². The molecule has 0 atom stereocenters. The van der Waals surface area contributed by atoms with E-state index in [2.05, 4.69) is 5.32 Å². The highest BCUT2D eigenvalue weighted by atomic mass is 19.3. The minimum Gasteiger partial charge on any atom is -0.353 e. The number of rotatable bonds is 2. The van der Waals surface area contributed by atoms with E-state index in [1.54, 1.807) is 0 Å². The Kier molecular flexibility index (Phi) is 4.20. The normalized spacial score (nSPS) is 33.1. The van der Waals surface area contributed by atoms with E-state index in [9.17, 15) is 13.6 Å². The van der Waals surface area contributed by atoms with E-state index in [1.165, 1.54) is 0 Å². The Morgan fingerprint density at radius 1 is 1.06 bits per heavy atom. The van der Waals surface area contributed by atoms with Crippen LogP contribution < -0.4 is 11.1 Å². The molecule has 0 unspecified atom stereocenters. The van der Waals surface area contributed by atoms with E-state index in [-0.39, 0.29) is 36.8 Å². The van der Waals surface area contributed by atoms with Crippen LogP contribution in [0.5, 0.6) is 0 Å². The third kappa shape index (κ3) is 3.64. The number of hydrogen-bond donors (Lipinski definition) is 2. The molecule has 3 nitrogen and oxygen atoms in total. The van der Waals surface area contributed by atoms with E-state index < -0.39 is 5.92 Å². The zero-order chi connectivity index (χ0) is 13.2. The number of carbonyl (C=O) groups is 1. The molecular weight excluding hydrogens is 238 g/mol. The molecule has 3 N–H and O–H groups in total. The van der Waals surface area contributed by atoms with Crippen LogP contribution in [0.4, 0.5) is 8.78 Å². The molecule has 2 fully saturated rings. The number of amides is 1. The van der Waals surface area contributed by atoms with Gasteiger partial charge >= 0.3 is 0 Å². The minimum atomic E-state index is -2.56. The third-order valence-electron chi connectivity index (χ3n) is 4.21. The molecule has 0 heterocycles. The molecule has 0 bridgehead atoms. The van der Waals surface area contributed by atoms with Crippen LogP contribution in [-0.4, -0.2) is 23.9 Å². The van der Waals surface area contributed by atoms with Gasteiger partial charge in [-0.2, -0.15) is 0 Å². The molecule has 18 heavy (non-hydrogen) atoms. The fourth-order valence-corrected chi connectivity index (χ4v) is 2.88. The Bertz CT molecular complexity index is 291. The summed E-state index contributed by atoms with van der Waals surface area (Å²) in [6.07, 6.45) is 4.02. The van der Waals surface area contributed by atoms with Gasteiger partial charge in [0.25, 0.3) is 0 Å². The number of carbonyl (C=O) groups excluding carboxylic acids is 1. The Balaban J connectivity index is 1.75. The van der Waals surface area contributed by atoms with E-state index in [0.717, 1.165) is 25.7 Å². The number of nitrogens with one attached hydrogen (secondary N) is 1. The van der Waals surface area contributed by atoms with Crippen molar-refractivity contribution in [3.05, 3.63) is 0 Å². The Morgan fingerprint density at radius 2 is 1.61 bits per heavy atom. The standard InChI is InChI=1S/C13H22F2N2O/c14-13(15)7-5-9(6-8-13)12(18)17-11-3-1-10(16)2-4-11/h9-11H,1-8,16H2,(H,17,18). The Labute approximate surface area is 106 Å². The van der Waals surface area contributed by atoms with Crippen molar-refractivity contribution in [2.24, 2.45) is 11.7 Å².